The number of amides is 3. The number of nitrogens with zero attached hydrogens (tertiary/aromatic N) is 2. The molecule has 0 fully saturated rings. The Labute approximate surface area is 218 Å². The van der Waals surface area contributed by atoms with Crippen molar-refractivity contribution in [2.75, 3.05) is 25.5 Å². The van der Waals surface area contributed by atoms with Crippen LogP contribution in [0.1, 0.15) is 53.4 Å². The molecule has 0 bridgehead atoms. The van der Waals surface area contributed by atoms with Gasteiger partial charge in [0.15, 0.2) is 12.8 Å². The molecule has 0 aliphatic carbocycles. The van der Waals surface area contributed by atoms with Crippen LogP contribution in [0.2, 0.25) is 0 Å². The van der Waals surface area contributed by atoms with Crippen molar-refractivity contribution in [2.45, 2.75) is 52.3 Å². The van der Waals surface area contributed by atoms with Crippen LogP contribution < -0.4 is 5.32 Å². The fraction of sp³-hybridized carbons (Fsp3) is 0.407. The van der Waals surface area contributed by atoms with Gasteiger partial charge in [0.25, 0.3) is 0 Å². The van der Waals surface area contributed by atoms with Crippen molar-refractivity contribution in [1.82, 2.24) is 4.90 Å². The number of halogens is 4. The van der Waals surface area contributed by atoms with Crippen molar-refractivity contribution in [3.63, 3.8) is 0 Å². The maximum Gasteiger partial charge on any atom is 0.419 e. The molecule has 7 nitrogen and oxygen atoms in total. The number of likely N-dealkylation sites (N-methyl/N-ethyl adjacent to an activating group) is 1. The van der Waals surface area contributed by atoms with Gasteiger partial charge in [-0.3, -0.25) is 4.79 Å². The number of carbonyl (C=O) groups excluding carboxylic acids is 3. The molecule has 0 radical (unpaired) electrons. The van der Waals surface area contributed by atoms with E-state index in [1.165, 1.54) is 9.48 Å². The third kappa shape index (κ3) is 6.96. The van der Waals surface area contributed by atoms with Gasteiger partial charge in [0.1, 0.15) is 11.4 Å². The van der Waals surface area contributed by atoms with E-state index in [2.05, 4.69) is 5.32 Å². The topological polar surface area (TPSA) is 78.7 Å². The zero-order chi connectivity index (χ0) is 28.4. The molecule has 11 heteroatoms. The SMILES string of the molecule is Cc1ccc2c(c1NC(=O)Cc1ccc(C(F)(F)F)c(F)c1)CC=[N+](CCN(C)C(=O)OC(C)(C)C)C2=O. The van der Waals surface area contributed by atoms with E-state index in [9.17, 15) is 31.9 Å². The number of anilines is 1. The van der Waals surface area contributed by atoms with Crippen LogP contribution in [-0.4, -0.2) is 59.3 Å². The van der Waals surface area contributed by atoms with Crippen molar-refractivity contribution in [2.24, 2.45) is 0 Å². The fourth-order valence-electron chi connectivity index (χ4n) is 3.94. The normalized spacial score (nSPS) is 13.5. The minimum absolute atomic E-state index is 0.0818. The van der Waals surface area contributed by atoms with E-state index in [-0.39, 0.29) is 31.0 Å². The largest absolute Gasteiger partial charge is 0.444 e. The van der Waals surface area contributed by atoms with Crippen LogP contribution >= 0.6 is 0 Å². The lowest BCUT2D eigenvalue weighted by Gasteiger charge is -2.24. The fourth-order valence-corrected chi connectivity index (χ4v) is 3.94. The molecule has 3 rings (SSSR count). The molecule has 0 aromatic heterocycles. The molecule has 1 N–H and O–H groups in total. The standard InChI is InChI=1S/C27H29F4N3O4/c1-16-6-8-19-18(10-11-34(24(19)36)13-12-33(5)25(37)38-26(2,3)4)23(16)32-22(35)15-17-7-9-20(21(28)14-17)27(29,30)31/h6-9,11,14H,10,12-13,15H2,1-5H3/p+1. The number of carbonyl (C=O) groups is 3. The van der Waals surface area contributed by atoms with Gasteiger partial charge in [-0.2, -0.15) is 17.7 Å². The minimum atomic E-state index is -4.83. The first-order valence-corrected chi connectivity index (χ1v) is 11.9. The van der Waals surface area contributed by atoms with Crippen molar-refractivity contribution in [3.05, 3.63) is 64.0 Å². The van der Waals surface area contributed by atoms with Crippen LogP contribution in [0.4, 0.5) is 28.0 Å². The first-order valence-electron chi connectivity index (χ1n) is 11.9. The Balaban J connectivity index is 1.71. The van der Waals surface area contributed by atoms with Gasteiger partial charge < -0.3 is 15.0 Å². The van der Waals surface area contributed by atoms with Crippen molar-refractivity contribution < 1.29 is 41.3 Å². The number of nitrogens with one attached hydrogen (secondary N) is 1. The van der Waals surface area contributed by atoms with Gasteiger partial charge in [-0.15, -0.1) is 0 Å². The summed E-state index contributed by atoms with van der Waals surface area (Å²) in [7, 11) is 1.58. The van der Waals surface area contributed by atoms with Gasteiger partial charge >= 0.3 is 18.2 Å². The molecule has 1 heterocycles. The summed E-state index contributed by atoms with van der Waals surface area (Å²) < 4.78 is 59.1. The Kier molecular flexibility index (Phi) is 8.28. The third-order valence-corrected chi connectivity index (χ3v) is 5.88. The molecule has 1 aliphatic rings. The number of fused-ring (bicyclic) bond motifs is 1. The summed E-state index contributed by atoms with van der Waals surface area (Å²) in [5.41, 5.74) is 0.137. The highest BCUT2D eigenvalue weighted by atomic mass is 19.4. The monoisotopic (exact) mass is 536 g/mol. The predicted octanol–water partition coefficient (Wildman–Crippen LogP) is 4.98. The first-order chi connectivity index (χ1) is 17.6. The Hall–Kier alpha value is -3.76. The van der Waals surface area contributed by atoms with Gasteiger partial charge in [0.2, 0.25) is 5.91 Å². The van der Waals surface area contributed by atoms with Crippen molar-refractivity contribution >= 4 is 29.8 Å². The Morgan fingerprint density at radius 3 is 2.42 bits per heavy atom. The van der Waals surface area contributed by atoms with E-state index in [4.69, 9.17) is 4.74 Å². The number of hydrogen-bond donors (Lipinski definition) is 1. The molecule has 2 aromatic carbocycles. The number of benzene rings is 2. The molecule has 0 unspecified atom stereocenters. The first kappa shape index (κ1) is 28.8. The Bertz CT molecular complexity index is 1300. The minimum Gasteiger partial charge on any atom is -0.444 e. The Morgan fingerprint density at radius 2 is 1.82 bits per heavy atom. The number of ether oxygens (including phenoxy) is 1. The molecule has 2 aromatic rings. The third-order valence-electron chi connectivity index (χ3n) is 5.88. The highest BCUT2D eigenvalue weighted by molar-refractivity contribution is 6.00. The number of alkyl halides is 3. The lowest BCUT2D eigenvalue weighted by atomic mass is 9.95. The average Bonchev–Trinajstić information content (AvgIpc) is 2.78. The van der Waals surface area contributed by atoms with Crippen LogP contribution in [-0.2, 0) is 28.5 Å². The average molecular weight is 537 g/mol. The maximum atomic E-state index is 13.9. The zero-order valence-corrected chi connectivity index (χ0v) is 21.8. The van der Waals surface area contributed by atoms with E-state index in [0.29, 0.717) is 40.9 Å². The summed E-state index contributed by atoms with van der Waals surface area (Å²) in [6, 6.07) is 5.70. The second kappa shape index (κ2) is 10.9. The van der Waals surface area contributed by atoms with Gasteiger partial charge in [-0.1, -0.05) is 12.1 Å². The van der Waals surface area contributed by atoms with E-state index < -0.39 is 35.2 Å². The van der Waals surface area contributed by atoms with Crippen LogP contribution in [0, 0.1) is 12.7 Å². The highest BCUT2D eigenvalue weighted by Gasteiger charge is 2.34. The summed E-state index contributed by atoms with van der Waals surface area (Å²) in [4.78, 5) is 39.4. The highest BCUT2D eigenvalue weighted by Crippen LogP contribution is 2.32. The lowest BCUT2D eigenvalue weighted by Crippen LogP contribution is -2.39. The number of hydrogen-bond acceptors (Lipinski definition) is 4. The summed E-state index contributed by atoms with van der Waals surface area (Å²) in [6.45, 7) is 7.52. The number of rotatable bonds is 6. The molecule has 0 atom stereocenters. The molecular weight excluding hydrogens is 506 g/mol. The van der Waals surface area contributed by atoms with Crippen molar-refractivity contribution in [3.8, 4) is 0 Å². The predicted molar refractivity (Wildman–Crippen MR) is 133 cm³/mol. The molecule has 0 spiro atoms. The quantitative estimate of drug-likeness (QED) is 0.417. The van der Waals surface area contributed by atoms with E-state index in [0.717, 1.165) is 6.07 Å². The van der Waals surface area contributed by atoms with Gasteiger partial charge in [-0.25, -0.2) is 14.0 Å². The molecule has 204 valence electrons. The second-order valence-corrected chi connectivity index (χ2v) is 10.1. The summed E-state index contributed by atoms with van der Waals surface area (Å²) >= 11 is 0. The van der Waals surface area contributed by atoms with Crippen molar-refractivity contribution in [1.29, 1.82) is 0 Å². The Morgan fingerprint density at radius 1 is 1.13 bits per heavy atom. The molecule has 38 heavy (non-hydrogen) atoms. The molecule has 1 aliphatic heterocycles. The van der Waals surface area contributed by atoms with E-state index in [1.54, 1.807) is 53.1 Å². The maximum absolute atomic E-state index is 13.9. The molecular formula is C27H30F4N3O4+. The zero-order valence-electron chi connectivity index (χ0n) is 21.8. The molecule has 0 saturated heterocycles. The lowest BCUT2D eigenvalue weighted by molar-refractivity contribution is -0.426. The van der Waals surface area contributed by atoms with Gasteiger partial charge in [-0.05, 0) is 57.0 Å². The number of aryl methyl sites for hydroxylation is 1. The van der Waals surface area contributed by atoms with Crippen LogP contribution in [0.3, 0.4) is 0 Å². The van der Waals surface area contributed by atoms with Crippen LogP contribution in [0.25, 0.3) is 0 Å². The van der Waals surface area contributed by atoms with E-state index >= 15 is 0 Å². The summed E-state index contributed by atoms with van der Waals surface area (Å²) in [5, 5.41) is 2.73. The van der Waals surface area contributed by atoms with Gasteiger partial charge in [0, 0.05) is 18.3 Å². The molecule has 0 saturated carbocycles. The van der Waals surface area contributed by atoms with E-state index in [1.807, 2.05) is 0 Å². The van der Waals surface area contributed by atoms with Gasteiger partial charge in [0.05, 0.1) is 30.5 Å². The second-order valence-electron chi connectivity index (χ2n) is 10.1. The summed E-state index contributed by atoms with van der Waals surface area (Å²) in [6.07, 6.45) is -3.68. The molecule has 3 amide bonds. The van der Waals surface area contributed by atoms with Crippen LogP contribution in [0.15, 0.2) is 30.3 Å². The smallest absolute Gasteiger partial charge is 0.419 e. The summed E-state index contributed by atoms with van der Waals surface area (Å²) in [5.74, 6) is -2.31. The van der Waals surface area contributed by atoms with Crippen LogP contribution in [0.5, 0.6) is 0 Å².